The predicted octanol–water partition coefficient (Wildman–Crippen LogP) is 4.72. The first kappa shape index (κ1) is 22.5. The number of benzene rings is 1. The van der Waals surface area contributed by atoms with E-state index >= 15 is 0 Å². The van der Waals surface area contributed by atoms with Crippen molar-refractivity contribution in [3.05, 3.63) is 70.0 Å². The van der Waals surface area contributed by atoms with Crippen LogP contribution in [0.3, 0.4) is 0 Å². The number of ether oxygens (including phenoxy) is 1. The summed E-state index contributed by atoms with van der Waals surface area (Å²) in [6.07, 6.45) is 5.16. The van der Waals surface area contributed by atoms with E-state index in [-0.39, 0.29) is 29.8 Å². The third kappa shape index (κ3) is 3.95. The Kier molecular flexibility index (Phi) is 5.62. The van der Waals surface area contributed by atoms with E-state index in [1.807, 2.05) is 17.0 Å². The fourth-order valence-corrected chi connectivity index (χ4v) is 4.80. The molecule has 1 aromatic rings. The summed E-state index contributed by atoms with van der Waals surface area (Å²) in [5.41, 5.74) is 3.39. The lowest BCUT2D eigenvalue weighted by atomic mass is 9.90. The monoisotopic (exact) mass is 463 g/mol. The fourth-order valence-electron chi connectivity index (χ4n) is 4.80. The van der Waals surface area contributed by atoms with Gasteiger partial charge in [0.1, 0.15) is 5.82 Å². The number of hydrogen-bond donors (Lipinski definition) is 0. The highest BCUT2D eigenvalue weighted by molar-refractivity contribution is 6.00. The van der Waals surface area contributed by atoms with E-state index in [2.05, 4.69) is 42.0 Å². The lowest BCUT2D eigenvalue weighted by molar-refractivity contribution is -0.128. The molecule has 0 spiro atoms. The minimum atomic E-state index is -0.262. The van der Waals surface area contributed by atoms with Gasteiger partial charge in [-0.05, 0) is 29.7 Å². The molecule has 1 amide bonds. The van der Waals surface area contributed by atoms with Crippen molar-refractivity contribution in [2.24, 2.45) is 20.6 Å². The van der Waals surface area contributed by atoms with Gasteiger partial charge in [0.2, 0.25) is 5.91 Å². The normalized spacial score (nSPS) is 22.4. The van der Waals surface area contributed by atoms with Gasteiger partial charge >= 0.3 is 0 Å². The first-order valence-corrected chi connectivity index (χ1v) is 11.8. The van der Waals surface area contributed by atoms with Gasteiger partial charge in [-0.1, -0.05) is 39.0 Å². The summed E-state index contributed by atoms with van der Waals surface area (Å²) in [5, 5.41) is 9.23. The van der Waals surface area contributed by atoms with Crippen molar-refractivity contribution in [3.8, 4) is 0 Å². The number of azo groups is 1. The third-order valence-electron chi connectivity index (χ3n) is 6.71. The van der Waals surface area contributed by atoms with Crippen LogP contribution in [-0.4, -0.2) is 47.4 Å². The molecule has 0 aliphatic carbocycles. The Morgan fingerprint density at radius 1 is 1.24 bits per heavy atom. The molecule has 4 heterocycles. The first-order chi connectivity index (χ1) is 16.2. The molecular formula is C26H30FN5O2. The largest absolute Gasteiger partial charge is 0.489 e. The maximum absolute atomic E-state index is 14.6. The fraction of sp³-hybridized carbons (Fsp3) is 0.462. The van der Waals surface area contributed by atoms with Crippen LogP contribution in [0.2, 0.25) is 0 Å². The number of fused-ring (bicyclic) bond motifs is 4. The molecule has 7 nitrogen and oxygen atoms in total. The number of hydrogen-bond acceptors (Lipinski definition) is 6. The van der Waals surface area contributed by atoms with Crippen LogP contribution in [-0.2, 0) is 22.5 Å². The van der Waals surface area contributed by atoms with Crippen molar-refractivity contribution in [2.75, 3.05) is 19.7 Å². The second kappa shape index (κ2) is 8.49. The Balaban J connectivity index is 1.60. The number of carbonyl (C=O) groups is 1. The highest BCUT2D eigenvalue weighted by Crippen LogP contribution is 2.42. The van der Waals surface area contributed by atoms with Crippen molar-refractivity contribution in [2.45, 2.75) is 53.2 Å². The molecule has 34 heavy (non-hydrogen) atoms. The lowest BCUT2D eigenvalue weighted by Crippen LogP contribution is -2.45. The zero-order valence-electron chi connectivity index (χ0n) is 20.1. The predicted molar refractivity (Wildman–Crippen MR) is 127 cm³/mol. The summed E-state index contributed by atoms with van der Waals surface area (Å²) in [6.45, 7) is 9.83. The highest BCUT2D eigenvalue weighted by atomic mass is 19.1. The molecule has 5 rings (SSSR count). The highest BCUT2D eigenvalue weighted by Gasteiger charge is 2.44. The Labute approximate surface area is 199 Å². The zero-order valence-corrected chi connectivity index (χ0v) is 20.1. The van der Waals surface area contributed by atoms with Crippen LogP contribution in [0.1, 0.15) is 45.2 Å². The van der Waals surface area contributed by atoms with Gasteiger partial charge < -0.3 is 9.64 Å². The molecule has 0 fully saturated rings. The van der Waals surface area contributed by atoms with Crippen LogP contribution in [0.4, 0.5) is 4.39 Å². The number of amidine groups is 1. The van der Waals surface area contributed by atoms with Crippen LogP contribution in [0, 0.1) is 11.2 Å². The van der Waals surface area contributed by atoms with Crippen molar-refractivity contribution in [1.29, 1.82) is 0 Å². The lowest BCUT2D eigenvalue weighted by Gasteiger charge is -2.37. The maximum atomic E-state index is 14.6. The average molecular weight is 464 g/mol. The molecule has 0 bridgehead atoms. The smallest absolute Gasteiger partial charge is 0.219 e. The molecule has 1 aromatic carbocycles. The molecule has 1 unspecified atom stereocenters. The summed E-state index contributed by atoms with van der Waals surface area (Å²) in [6, 6.07) is 5.15. The Bertz CT molecular complexity index is 1190. The molecule has 4 aliphatic heterocycles. The number of rotatable bonds is 1. The topological polar surface area (TPSA) is 69.9 Å². The van der Waals surface area contributed by atoms with Crippen LogP contribution in [0.15, 0.2) is 68.3 Å². The van der Waals surface area contributed by atoms with Gasteiger partial charge in [-0.25, -0.2) is 4.39 Å². The molecule has 0 saturated heterocycles. The summed E-state index contributed by atoms with van der Waals surface area (Å²) < 4.78 is 20.9. The first-order valence-electron chi connectivity index (χ1n) is 11.8. The second-order valence-corrected chi connectivity index (χ2v) is 10.1. The van der Waals surface area contributed by atoms with Crippen molar-refractivity contribution >= 4 is 11.7 Å². The van der Waals surface area contributed by atoms with Crippen LogP contribution < -0.4 is 0 Å². The molecule has 178 valence electrons. The average Bonchev–Trinajstić information content (AvgIpc) is 3.27. The molecule has 8 heteroatoms. The molecule has 0 radical (unpaired) electrons. The van der Waals surface area contributed by atoms with Crippen molar-refractivity contribution in [3.63, 3.8) is 0 Å². The van der Waals surface area contributed by atoms with Gasteiger partial charge in [0.05, 0.1) is 13.2 Å². The third-order valence-corrected chi connectivity index (χ3v) is 6.71. The van der Waals surface area contributed by atoms with E-state index in [9.17, 15) is 9.18 Å². The molecular weight excluding hydrogens is 433 g/mol. The van der Waals surface area contributed by atoms with Crippen LogP contribution >= 0.6 is 0 Å². The van der Waals surface area contributed by atoms with Gasteiger partial charge in [-0.15, -0.1) is 5.11 Å². The van der Waals surface area contributed by atoms with Gasteiger partial charge in [-0.2, -0.15) is 5.11 Å². The van der Waals surface area contributed by atoms with E-state index in [0.717, 1.165) is 29.0 Å². The van der Waals surface area contributed by atoms with Crippen LogP contribution in [0.25, 0.3) is 0 Å². The minimum Gasteiger partial charge on any atom is -0.489 e. The summed E-state index contributed by atoms with van der Waals surface area (Å²) in [5.74, 6) is 1.87. The minimum absolute atomic E-state index is 0.0748. The number of allylic oxidation sites excluding steroid dienone is 2. The Hall–Kier alpha value is -3.29. The van der Waals surface area contributed by atoms with E-state index in [1.54, 1.807) is 13.0 Å². The molecule has 4 aliphatic rings. The van der Waals surface area contributed by atoms with Crippen molar-refractivity contribution in [1.82, 2.24) is 9.80 Å². The standard InChI is InChI=1S/C26H30FN5O2/c1-16(33)31-11-8-18(9-12-31)19-14-22-24(32-23(19)29-30-25(32)26(2,3)4)28-15-20-17(10-13-34-22)6-5-7-21(20)27/h5-8,14,25H,9-13,15H2,1-4H3. The number of amides is 1. The Morgan fingerprint density at radius 3 is 2.76 bits per heavy atom. The maximum Gasteiger partial charge on any atom is 0.219 e. The number of carbonyl (C=O) groups excluding carboxylic acids is 1. The molecule has 0 aromatic heterocycles. The van der Waals surface area contributed by atoms with Crippen molar-refractivity contribution < 1.29 is 13.9 Å². The van der Waals surface area contributed by atoms with E-state index in [1.165, 1.54) is 6.07 Å². The van der Waals surface area contributed by atoms with Crippen LogP contribution in [0.5, 0.6) is 0 Å². The van der Waals surface area contributed by atoms with Gasteiger partial charge in [-0.3, -0.25) is 14.7 Å². The molecule has 0 N–H and O–H groups in total. The molecule has 1 atom stereocenters. The van der Waals surface area contributed by atoms with E-state index in [0.29, 0.717) is 43.3 Å². The van der Waals surface area contributed by atoms with E-state index in [4.69, 9.17) is 9.73 Å². The number of aliphatic imine (C=N–C) groups is 1. The Morgan fingerprint density at radius 2 is 2.06 bits per heavy atom. The number of halogens is 1. The van der Waals surface area contributed by atoms with Gasteiger partial charge in [0, 0.05) is 43.0 Å². The summed E-state index contributed by atoms with van der Waals surface area (Å²) in [7, 11) is 0. The summed E-state index contributed by atoms with van der Waals surface area (Å²) >= 11 is 0. The van der Waals surface area contributed by atoms with Gasteiger partial charge in [0.15, 0.2) is 23.6 Å². The summed E-state index contributed by atoms with van der Waals surface area (Å²) in [4.78, 5) is 20.5. The van der Waals surface area contributed by atoms with Gasteiger partial charge in [0.25, 0.3) is 0 Å². The SMILES string of the molecule is CC(=O)N1CC=C(C2=C3N=NC(C(C)(C)C)N3C3=NCc4c(F)cccc4CCOC3=C2)CC1. The van der Waals surface area contributed by atoms with E-state index < -0.39 is 0 Å². The second-order valence-electron chi connectivity index (χ2n) is 10.1. The quantitative estimate of drug-likeness (QED) is 0.605. The zero-order chi connectivity index (χ0) is 24.0. The number of nitrogens with zero attached hydrogens (tertiary/aromatic N) is 5. The molecule has 0 saturated carbocycles.